The van der Waals surface area contributed by atoms with Crippen molar-refractivity contribution in [3.63, 3.8) is 0 Å². The third-order valence-corrected chi connectivity index (χ3v) is 9.84. The van der Waals surface area contributed by atoms with Gasteiger partial charge in [-0.3, -0.25) is 9.80 Å². The van der Waals surface area contributed by atoms with Crippen molar-refractivity contribution in [2.45, 2.75) is 114 Å². The minimum absolute atomic E-state index is 0.202. The molecule has 192 valence electrons. The van der Waals surface area contributed by atoms with Gasteiger partial charge in [0.1, 0.15) is 0 Å². The Bertz CT molecular complexity index is 544. The lowest BCUT2D eigenvalue weighted by atomic mass is 9.67. The van der Waals surface area contributed by atoms with Crippen LogP contribution in [-0.4, -0.2) is 91.7 Å². The van der Waals surface area contributed by atoms with Crippen LogP contribution < -0.4 is 0 Å². The first kappa shape index (κ1) is 29.9. The van der Waals surface area contributed by atoms with Gasteiger partial charge in [-0.25, -0.2) is 0 Å². The molecule has 0 saturated carbocycles. The van der Waals surface area contributed by atoms with E-state index in [0.717, 1.165) is 19.8 Å². The van der Waals surface area contributed by atoms with Crippen LogP contribution in [0, 0.1) is 21.7 Å². The average Bonchev–Trinajstić information content (AvgIpc) is 2.62. The van der Waals surface area contributed by atoms with Gasteiger partial charge in [-0.2, -0.15) is 0 Å². The van der Waals surface area contributed by atoms with Crippen molar-refractivity contribution in [1.29, 1.82) is 0 Å². The van der Waals surface area contributed by atoms with Crippen LogP contribution in [0.5, 0.6) is 0 Å². The lowest BCUT2D eigenvalue weighted by Crippen LogP contribution is -2.57. The Morgan fingerprint density at radius 1 is 0.438 bits per heavy atom. The van der Waals surface area contributed by atoms with Crippen LogP contribution in [0.1, 0.15) is 89.5 Å². The first-order valence-corrected chi connectivity index (χ1v) is 13.0. The van der Waals surface area contributed by atoms with Crippen molar-refractivity contribution in [3.05, 3.63) is 0 Å². The lowest BCUT2D eigenvalue weighted by molar-refractivity contribution is -0.0252. The van der Waals surface area contributed by atoms with Crippen molar-refractivity contribution in [3.8, 4) is 0 Å². The third kappa shape index (κ3) is 6.93. The monoisotopic (exact) mass is 452 g/mol. The quantitative estimate of drug-likeness (QED) is 0.465. The van der Waals surface area contributed by atoms with Gasteiger partial charge in [0.2, 0.25) is 0 Å². The van der Waals surface area contributed by atoms with E-state index in [4.69, 9.17) is 0 Å². The standard InChI is InChI=1S/C28H60N4/c1-21-25(5,6)17-26(7,8)22(2)30(14)19-28(11,12)24(4)32(16)20-31(15)23(3)27(9,10)18-29(21)13/h21-24H,17-20H2,1-16H3. The Morgan fingerprint density at radius 3 is 0.969 bits per heavy atom. The number of hydrogen-bond donors (Lipinski definition) is 0. The van der Waals surface area contributed by atoms with Crippen molar-refractivity contribution >= 4 is 0 Å². The highest BCUT2D eigenvalue weighted by Crippen LogP contribution is 2.42. The summed E-state index contributed by atoms with van der Waals surface area (Å²) >= 11 is 0. The third-order valence-electron chi connectivity index (χ3n) is 9.84. The van der Waals surface area contributed by atoms with Gasteiger partial charge in [0.15, 0.2) is 0 Å². The van der Waals surface area contributed by atoms with Gasteiger partial charge in [0, 0.05) is 37.3 Å². The summed E-state index contributed by atoms with van der Waals surface area (Å²) in [5.41, 5.74) is 0.873. The van der Waals surface area contributed by atoms with E-state index in [1.165, 1.54) is 6.42 Å². The van der Waals surface area contributed by atoms with E-state index >= 15 is 0 Å². The van der Waals surface area contributed by atoms with E-state index in [1.54, 1.807) is 0 Å². The number of hydrogen-bond acceptors (Lipinski definition) is 4. The van der Waals surface area contributed by atoms with Gasteiger partial charge in [0.25, 0.3) is 0 Å². The van der Waals surface area contributed by atoms with Gasteiger partial charge in [-0.05, 0) is 84.0 Å². The highest BCUT2D eigenvalue weighted by Gasteiger charge is 2.42. The second-order valence-electron chi connectivity index (χ2n) is 14.3. The van der Waals surface area contributed by atoms with Gasteiger partial charge in [0.05, 0.1) is 6.67 Å². The molecule has 0 bridgehead atoms. The minimum atomic E-state index is 0.202. The van der Waals surface area contributed by atoms with E-state index < -0.39 is 0 Å². The first-order chi connectivity index (χ1) is 14.2. The van der Waals surface area contributed by atoms with Gasteiger partial charge >= 0.3 is 0 Å². The van der Waals surface area contributed by atoms with E-state index in [9.17, 15) is 0 Å². The van der Waals surface area contributed by atoms with Crippen LogP contribution in [0.3, 0.4) is 0 Å². The van der Waals surface area contributed by atoms with Crippen LogP contribution in [0.25, 0.3) is 0 Å². The normalized spacial score (nSPS) is 36.8. The van der Waals surface area contributed by atoms with Crippen molar-refractivity contribution in [2.24, 2.45) is 21.7 Å². The summed E-state index contributed by atoms with van der Waals surface area (Å²) in [4.78, 5) is 10.3. The zero-order valence-corrected chi connectivity index (χ0v) is 24.9. The molecule has 1 fully saturated rings. The van der Waals surface area contributed by atoms with E-state index in [0.29, 0.717) is 24.2 Å². The molecule has 4 atom stereocenters. The molecule has 4 unspecified atom stereocenters. The zero-order chi connectivity index (χ0) is 25.4. The summed E-state index contributed by atoms with van der Waals surface area (Å²) in [6.07, 6.45) is 1.21. The SMILES string of the molecule is CC1N(C)CN(C)C(C)C(C)(C)CN(C)C(C)C(C)(C)CC(C)(C)C(C)N(C)CC1(C)C. The maximum Gasteiger partial charge on any atom is 0.0506 e. The van der Waals surface area contributed by atoms with Crippen LogP contribution >= 0.6 is 0 Å². The molecule has 0 aromatic carbocycles. The molecule has 0 spiro atoms. The summed E-state index contributed by atoms with van der Waals surface area (Å²) in [5.74, 6) is 0. The second-order valence-corrected chi connectivity index (χ2v) is 14.3. The maximum atomic E-state index is 2.62. The Balaban J connectivity index is 3.40. The van der Waals surface area contributed by atoms with Crippen LogP contribution in [0.15, 0.2) is 0 Å². The maximum absolute atomic E-state index is 2.62. The molecular formula is C28H60N4. The molecule has 1 aliphatic heterocycles. The molecule has 1 rings (SSSR count). The second kappa shape index (κ2) is 10.2. The van der Waals surface area contributed by atoms with Crippen molar-refractivity contribution in [2.75, 3.05) is 47.9 Å². The molecule has 0 aliphatic carbocycles. The molecule has 0 radical (unpaired) electrons. The van der Waals surface area contributed by atoms with Gasteiger partial charge in [-0.1, -0.05) is 55.4 Å². The van der Waals surface area contributed by atoms with E-state index in [2.05, 4.69) is 131 Å². The highest BCUT2D eigenvalue weighted by molar-refractivity contribution is 4.95. The molecule has 4 nitrogen and oxygen atoms in total. The summed E-state index contributed by atoms with van der Waals surface area (Å²) in [6.45, 7) is 32.6. The van der Waals surface area contributed by atoms with Crippen molar-refractivity contribution < 1.29 is 0 Å². The number of nitrogens with zero attached hydrogens (tertiary/aromatic N) is 4. The van der Waals surface area contributed by atoms with Gasteiger partial charge in [-0.15, -0.1) is 0 Å². The molecular weight excluding hydrogens is 392 g/mol. The first-order valence-electron chi connectivity index (χ1n) is 13.0. The average molecular weight is 453 g/mol. The Labute approximate surface area is 203 Å². The van der Waals surface area contributed by atoms with E-state index in [-0.39, 0.29) is 21.7 Å². The molecule has 4 heteroatoms. The summed E-state index contributed by atoms with van der Waals surface area (Å²) in [6, 6.07) is 2.02. The Morgan fingerprint density at radius 2 is 0.688 bits per heavy atom. The van der Waals surface area contributed by atoms with Crippen LogP contribution in [0.2, 0.25) is 0 Å². The van der Waals surface area contributed by atoms with Crippen molar-refractivity contribution in [1.82, 2.24) is 19.6 Å². The molecule has 0 amide bonds. The Kier molecular flexibility index (Phi) is 9.54. The molecule has 1 heterocycles. The van der Waals surface area contributed by atoms with Crippen LogP contribution in [-0.2, 0) is 0 Å². The largest absolute Gasteiger partial charge is 0.303 e. The molecule has 1 saturated heterocycles. The van der Waals surface area contributed by atoms with Gasteiger partial charge < -0.3 is 9.80 Å². The fraction of sp³-hybridized carbons (Fsp3) is 1.00. The topological polar surface area (TPSA) is 13.0 Å². The summed E-state index contributed by atoms with van der Waals surface area (Å²) in [5, 5.41) is 0. The highest BCUT2D eigenvalue weighted by atomic mass is 15.3. The smallest absolute Gasteiger partial charge is 0.0506 e. The lowest BCUT2D eigenvalue weighted by Gasteiger charge is -2.51. The molecule has 32 heavy (non-hydrogen) atoms. The number of rotatable bonds is 0. The predicted octanol–water partition coefficient (Wildman–Crippen LogP) is 5.73. The summed E-state index contributed by atoms with van der Waals surface area (Å²) < 4.78 is 0. The molecule has 1 aliphatic rings. The van der Waals surface area contributed by atoms with E-state index in [1.807, 2.05) is 0 Å². The van der Waals surface area contributed by atoms with Crippen LogP contribution in [0.4, 0.5) is 0 Å². The molecule has 0 aromatic rings. The molecule has 0 N–H and O–H groups in total. The zero-order valence-electron chi connectivity index (χ0n) is 24.9. The molecule has 0 aromatic heterocycles. The Hall–Kier alpha value is -0.160. The fourth-order valence-electron chi connectivity index (χ4n) is 6.28. The summed E-state index contributed by atoms with van der Waals surface area (Å²) in [7, 11) is 9.28. The predicted molar refractivity (Wildman–Crippen MR) is 143 cm³/mol. The minimum Gasteiger partial charge on any atom is -0.303 e. The fourth-order valence-corrected chi connectivity index (χ4v) is 6.28.